The van der Waals surface area contributed by atoms with Gasteiger partial charge in [0.25, 0.3) is 5.91 Å². The summed E-state index contributed by atoms with van der Waals surface area (Å²) in [5.74, 6) is 0.655. The van der Waals surface area contributed by atoms with Crippen LogP contribution in [0, 0.1) is 0 Å². The molecule has 3 rings (SSSR count). The van der Waals surface area contributed by atoms with Crippen molar-refractivity contribution < 1.29 is 9.53 Å². The number of carbonyl (C=O) groups is 1. The first-order valence-electron chi connectivity index (χ1n) is 7.66. The van der Waals surface area contributed by atoms with Crippen LogP contribution in [0.4, 0.5) is 5.69 Å². The first-order valence-corrected chi connectivity index (χ1v) is 8.48. The number of amides is 1. The van der Waals surface area contributed by atoms with Crippen LogP contribution in [0.5, 0.6) is 5.75 Å². The molecule has 1 aromatic carbocycles. The lowest BCUT2D eigenvalue weighted by Gasteiger charge is -2.04. The van der Waals surface area contributed by atoms with E-state index in [1.807, 2.05) is 48.8 Å². The first-order chi connectivity index (χ1) is 11.5. The molecular formula is C18H19N3O2S. The quantitative estimate of drug-likeness (QED) is 0.856. The van der Waals surface area contributed by atoms with Gasteiger partial charge in [-0.1, -0.05) is 0 Å². The fourth-order valence-electron chi connectivity index (χ4n) is 2.24. The van der Waals surface area contributed by atoms with Gasteiger partial charge in [-0.15, -0.1) is 0 Å². The fourth-order valence-corrected chi connectivity index (χ4v) is 3.08. The number of amidine groups is 1. The number of nitrogens with zero attached hydrogens (tertiary/aromatic N) is 2. The van der Waals surface area contributed by atoms with Crippen LogP contribution in [0.15, 0.2) is 52.6 Å². The minimum Gasteiger partial charge on any atom is -0.497 e. The molecule has 124 valence electrons. The molecule has 1 aliphatic heterocycles. The van der Waals surface area contributed by atoms with Crippen LogP contribution < -0.4 is 10.1 Å². The molecule has 2 heterocycles. The van der Waals surface area contributed by atoms with Crippen molar-refractivity contribution in [2.24, 2.45) is 4.99 Å². The highest BCUT2D eigenvalue weighted by Gasteiger charge is 2.23. The van der Waals surface area contributed by atoms with Crippen molar-refractivity contribution in [3.05, 3.63) is 53.2 Å². The number of methoxy groups -OCH3 is 1. The molecule has 2 aromatic rings. The molecule has 1 saturated heterocycles. The molecule has 24 heavy (non-hydrogen) atoms. The highest BCUT2D eigenvalue weighted by Crippen LogP contribution is 2.28. The van der Waals surface area contributed by atoms with E-state index >= 15 is 0 Å². The van der Waals surface area contributed by atoms with Gasteiger partial charge in [0.15, 0.2) is 5.17 Å². The standard InChI is InChI=1S/C18H19N3O2S/c1-12(2)21-9-8-13(11-21)10-16-17(22)20-18(24-16)19-14-4-6-15(23-3)7-5-14/h4-12H,1-3H3,(H,19,20,22)/b16-10+. The van der Waals surface area contributed by atoms with E-state index in [2.05, 4.69) is 28.7 Å². The summed E-state index contributed by atoms with van der Waals surface area (Å²) in [7, 11) is 1.62. The molecule has 0 spiro atoms. The van der Waals surface area contributed by atoms with Crippen LogP contribution in [0.25, 0.3) is 6.08 Å². The number of rotatable bonds is 4. The molecule has 1 aliphatic rings. The molecule has 6 heteroatoms. The van der Waals surface area contributed by atoms with Crippen molar-refractivity contribution in [1.29, 1.82) is 0 Å². The minimum absolute atomic E-state index is 0.121. The van der Waals surface area contributed by atoms with Gasteiger partial charge < -0.3 is 14.6 Å². The number of nitrogens with one attached hydrogen (secondary N) is 1. The van der Waals surface area contributed by atoms with Gasteiger partial charge in [0.2, 0.25) is 0 Å². The summed E-state index contributed by atoms with van der Waals surface area (Å²) in [5.41, 5.74) is 1.78. The maximum Gasteiger partial charge on any atom is 0.264 e. The molecule has 1 N–H and O–H groups in total. The first kappa shape index (κ1) is 16.4. The van der Waals surface area contributed by atoms with Gasteiger partial charge in [-0.25, -0.2) is 4.99 Å². The number of benzene rings is 1. The predicted octanol–water partition coefficient (Wildman–Crippen LogP) is 3.97. The molecule has 0 saturated carbocycles. The maximum absolute atomic E-state index is 12.1. The monoisotopic (exact) mass is 341 g/mol. The van der Waals surface area contributed by atoms with E-state index in [0.29, 0.717) is 16.1 Å². The van der Waals surface area contributed by atoms with Crippen molar-refractivity contribution in [3.8, 4) is 5.75 Å². The third-order valence-electron chi connectivity index (χ3n) is 3.59. The number of ether oxygens (including phenoxy) is 1. The van der Waals surface area contributed by atoms with Crippen molar-refractivity contribution in [2.45, 2.75) is 19.9 Å². The maximum atomic E-state index is 12.1. The highest BCUT2D eigenvalue weighted by atomic mass is 32.2. The van der Waals surface area contributed by atoms with E-state index in [1.54, 1.807) is 7.11 Å². The Hall–Kier alpha value is -2.47. The normalized spacial score (nSPS) is 17.8. The lowest BCUT2D eigenvalue weighted by molar-refractivity contribution is -0.115. The zero-order valence-corrected chi connectivity index (χ0v) is 14.6. The van der Waals surface area contributed by atoms with E-state index in [1.165, 1.54) is 11.8 Å². The van der Waals surface area contributed by atoms with E-state index in [0.717, 1.165) is 17.0 Å². The second-order valence-corrected chi connectivity index (χ2v) is 6.70. The Bertz CT molecular complexity index is 804. The van der Waals surface area contributed by atoms with Crippen LogP contribution >= 0.6 is 11.8 Å². The molecule has 1 fully saturated rings. The molecule has 0 aliphatic carbocycles. The third kappa shape index (κ3) is 3.71. The Kier molecular flexibility index (Phi) is 4.76. The summed E-state index contributed by atoms with van der Waals surface area (Å²) < 4.78 is 7.23. The summed E-state index contributed by atoms with van der Waals surface area (Å²) >= 11 is 1.35. The SMILES string of the molecule is COc1ccc(N=C2NC(=O)/C(=C\c3ccn(C(C)C)c3)S2)cc1. The largest absolute Gasteiger partial charge is 0.497 e. The van der Waals surface area contributed by atoms with Crippen LogP contribution in [-0.2, 0) is 4.79 Å². The van der Waals surface area contributed by atoms with Crippen molar-refractivity contribution in [1.82, 2.24) is 9.88 Å². The number of aromatic nitrogens is 1. The van der Waals surface area contributed by atoms with Crippen molar-refractivity contribution >= 4 is 34.6 Å². The molecule has 0 atom stereocenters. The molecular weight excluding hydrogens is 322 g/mol. The molecule has 1 aromatic heterocycles. The van der Waals surface area contributed by atoms with Gasteiger partial charge in [0, 0.05) is 18.4 Å². The van der Waals surface area contributed by atoms with Gasteiger partial charge in [-0.05, 0) is 67.6 Å². The lowest BCUT2D eigenvalue weighted by Crippen LogP contribution is -2.19. The Morgan fingerprint density at radius 1 is 1.25 bits per heavy atom. The lowest BCUT2D eigenvalue weighted by atomic mass is 10.3. The van der Waals surface area contributed by atoms with Crippen molar-refractivity contribution in [3.63, 3.8) is 0 Å². The van der Waals surface area contributed by atoms with Gasteiger partial charge in [0.05, 0.1) is 17.7 Å². The van der Waals surface area contributed by atoms with Crippen LogP contribution in [0.3, 0.4) is 0 Å². The van der Waals surface area contributed by atoms with Gasteiger partial charge in [0.1, 0.15) is 5.75 Å². The Morgan fingerprint density at radius 3 is 2.62 bits per heavy atom. The predicted molar refractivity (Wildman–Crippen MR) is 98.6 cm³/mol. The average Bonchev–Trinajstić information content (AvgIpc) is 3.16. The molecule has 1 amide bonds. The summed E-state index contributed by atoms with van der Waals surface area (Å²) in [6.07, 6.45) is 5.93. The van der Waals surface area contributed by atoms with Gasteiger partial charge in [-0.2, -0.15) is 0 Å². The van der Waals surface area contributed by atoms with Gasteiger partial charge in [-0.3, -0.25) is 4.79 Å². The smallest absolute Gasteiger partial charge is 0.264 e. The number of hydrogen-bond donors (Lipinski definition) is 1. The van der Waals surface area contributed by atoms with Crippen LogP contribution in [0.2, 0.25) is 0 Å². The molecule has 0 radical (unpaired) electrons. The topological polar surface area (TPSA) is 55.6 Å². The summed E-state index contributed by atoms with van der Waals surface area (Å²) in [5, 5.41) is 3.38. The Balaban J connectivity index is 1.76. The second-order valence-electron chi connectivity index (χ2n) is 5.67. The summed E-state index contributed by atoms with van der Waals surface area (Å²) in [4.78, 5) is 17.2. The van der Waals surface area contributed by atoms with E-state index in [-0.39, 0.29) is 5.91 Å². The second kappa shape index (κ2) is 6.97. The van der Waals surface area contributed by atoms with Crippen LogP contribution in [0.1, 0.15) is 25.5 Å². The highest BCUT2D eigenvalue weighted by molar-refractivity contribution is 8.18. The van der Waals surface area contributed by atoms with E-state index in [4.69, 9.17) is 4.74 Å². The summed E-state index contributed by atoms with van der Waals surface area (Å²) in [6, 6.07) is 9.78. The number of hydrogen-bond acceptors (Lipinski definition) is 4. The molecule has 0 unspecified atom stereocenters. The average molecular weight is 341 g/mol. The minimum atomic E-state index is -0.121. The molecule has 0 bridgehead atoms. The van der Waals surface area contributed by atoms with Gasteiger partial charge >= 0.3 is 0 Å². The third-order valence-corrected chi connectivity index (χ3v) is 4.50. The molecule has 5 nitrogen and oxygen atoms in total. The van der Waals surface area contributed by atoms with Crippen molar-refractivity contribution in [2.75, 3.05) is 7.11 Å². The van der Waals surface area contributed by atoms with E-state index < -0.39 is 0 Å². The van der Waals surface area contributed by atoms with Crippen LogP contribution in [-0.4, -0.2) is 22.8 Å². The number of thioether (sulfide) groups is 1. The number of carbonyl (C=O) groups excluding carboxylic acids is 1. The number of aliphatic imine (C=N–C) groups is 1. The van der Waals surface area contributed by atoms with E-state index in [9.17, 15) is 4.79 Å². The summed E-state index contributed by atoms with van der Waals surface area (Å²) in [6.45, 7) is 4.24. The zero-order valence-electron chi connectivity index (χ0n) is 13.8. The Morgan fingerprint density at radius 2 is 2.00 bits per heavy atom. The Labute approximate surface area is 145 Å². The zero-order chi connectivity index (χ0) is 17.1. The fraction of sp³-hybridized carbons (Fsp3) is 0.222.